The number of nitrogens with zero attached hydrogens (tertiary/aromatic N) is 1. The zero-order chi connectivity index (χ0) is 21.1. The molecule has 2 aliphatic heterocycles. The minimum atomic E-state index is -1.29. The molecule has 0 radical (unpaired) electrons. The fourth-order valence-electron chi connectivity index (χ4n) is 2.87. The first-order valence-corrected chi connectivity index (χ1v) is 9.46. The number of amides is 2. The quantitative estimate of drug-likeness (QED) is 0.402. The van der Waals surface area contributed by atoms with E-state index in [1.165, 1.54) is 13.8 Å². The van der Waals surface area contributed by atoms with Gasteiger partial charge in [0.25, 0.3) is 11.8 Å². The maximum atomic E-state index is 12.5. The lowest BCUT2D eigenvalue weighted by Crippen LogP contribution is -2.70. The number of benzene rings is 1. The summed E-state index contributed by atoms with van der Waals surface area (Å²) in [6.07, 6.45) is 1.16. The van der Waals surface area contributed by atoms with E-state index in [0.29, 0.717) is 16.2 Å². The van der Waals surface area contributed by atoms with Crippen molar-refractivity contribution in [2.24, 2.45) is 0 Å². The maximum absolute atomic E-state index is 12.5. The summed E-state index contributed by atoms with van der Waals surface area (Å²) >= 11 is 1.13. The molecule has 0 spiro atoms. The van der Waals surface area contributed by atoms with E-state index in [1.807, 2.05) is 6.07 Å². The van der Waals surface area contributed by atoms with Gasteiger partial charge in [-0.2, -0.15) is 0 Å². The average Bonchev–Trinajstić information content (AvgIpc) is 2.69. The zero-order valence-corrected chi connectivity index (χ0v) is 16.4. The van der Waals surface area contributed by atoms with Crippen LogP contribution in [0.3, 0.4) is 0 Å². The van der Waals surface area contributed by atoms with Crippen molar-refractivity contribution in [1.29, 1.82) is 0 Å². The van der Waals surface area contributed by atoms with Gasteiger partial charge in [-0.1, -0.05) is 30.0 Å². The first-order chi connectivity index (χ1) is 13.8. The Morgan fingerprint density at radius 3 is 2.59 bits per heavy atom. The molecule has 29 heavy (non-hydrogen) atoms. The van der Waals surface area contributed by atoms with E-state index in [4.69, 9.17) is 9.47 Å². The molecule has 2 amide bonds. The van der Waals surface area contributed by atoms with Gasteiger partial charge in [-0.25, -0.2) is 4.79 Å². The van der Waals surface area contributed by atoms with Crippen molar-refractivity contribution >= 4 is 35.5 Å². The molecule has 9 nitrogen and oxygen atoms in total. The third-order valence-electron chi connectivity index (χ3n) is 4.22. The highest BCUT2D eigenvalue weighted by Crippen LogP contribution is 2.46. The zero-order valence-electron chi connectivity index (χ0n) is 15.6. The number of carboxylic acid groups (broad SMARTS) is 1. The van der Waals surface area contributed by atoms with E-state index in [0.717, 1.165) is 22.9 Å². The largest absolute Gasteiger partial charge is 0.484 e. The monoisotopic (exact) mass is 418 g/mol. The summed E-state index contributed by atoms with van der Waals surface area (Å²) in [5, 5.41) is 11.4. The number of nitrogens with one attached hydrogen (secondary N) is 1. The van der Waals surface area contributed by atoms with E-state index in [-0.39, 0.29) is 12.3 Å². The molecule has 2 heterocycles. The summed E-state index contributed by atoms with van der Waals surface area (Å²) in [6.45, 7) is 2.45. The molecule has 152 valence electrons. The van der Waals surface area contributed by atoms with E-state index < -0.39 is 35.2 Å². The standard InChI is InChI=1S/C19H18N2O7S/c1-10-13(8-27-11(2)22)29-18-15(17(24)21(18)16(10)19(25)26)20-14(23)9-28-12-6-4-3-5-7-12/h3-8,15,18H,9H2,1-2H3,(H,20,23)(H,25,26)/t15?,18-/m0/s1. The minimum absolute atomic E-state index is 0.205. The van der Waals surface area contributed by atoms with Crippen LogP contribution in [0.4, 0.5) is 0 Å². The SMILES string of the molecule is CC(=O)OC=C1S[C@H]2C(NC(=O)COc3ccccc3)C(=O)N2C(C(=O)O)=C1C. The van der Waals surface area contributed by atoms with Gasteiger partial charge in [-0.3, -0.25) is 19.3 Å². The first kappa shape index (κ1) is 20.5. The predicted molar refractivity (Wildman–Crippen MR) is 102 cm³/mol. The molecule has 0 saturated carbocycles. The number of hydrogen-bond acceptors (Lipinski definition) is 7. The van der Waals surface area contributed by atoms with E-state index in [9.17, 15) is 24.3 Å². The smallest absolute Gasteiger partial charge is 0.352 e. The van der Waals surface area contributed by atoms with Gasteiger partial charge in [0.2, 0.25) is 0 Å². The van der Waals surface area contributed by atoms with Crippen LogP contribution in [-0.2, 0) is 23.9 Å². The number of rotatable bonds is 6. The molecule has 10 heteroatoms. The van der Waals surface area contributed by atoms with Crippen molar-refractivity contribution in [3.8, 4) is 5.75 Å². The highest BCUT2D eigenvalue weighted by Gasteiger charge is 2.55. The van der Waals surface area contributed by atoms with Crippen LogP contribution in [0, 0.1) is 0 Å². The highest BCUT2D eigenvalue weighted by molar-refractivity contribution is 8.04. The summed E-state index contributed by atoms with van der Waals surface area (Å²) in [6, 6.07) is 7.80. The van der Waals surface area contributed by atoms with Gasteiger partial charge < -0.3 is 19.9 Å². The van der Waals surface area contributed by atoms with Crippen molar-refractivity contribution in [2.45, 2.75) is 25.3 Å². The van der Waals surface area contributed by atoms with Gasteiger partial charge >= 0.3 is 11.9 Å². The Morgan fingerprint density at radius 1 is 1.28 bits per heavy atom. The second-order valence-corrected chi connectivity index (χ2v) is 7.39. The molecular weight excluding hydrogens is 400 g/mol. The number of carbonyl (C=O) groups excluding carboxylic acids is 3. The first-order valence-electron chi connectivity index (χ1n) is 8.58. The molecule has 0 aliphatic carbocycles. The number of ether oxygens (including phenoxy) is 2. The third-order valence-corrected chi connectivity index (χ3v) is 5.60. The molecule has 1 unspecified atom stereocenters. The number of fused-ring (bicyclic) bond motifs is 1. The number of hydrogen-bond donors (Lipinski definition) is 2. The number of β-lactam (4-membered cyclic amide) rings is 1. The summed E-state index contributed by atoms with van der Waals surface area (Å²) in [4.78, 5) is 48.9. The predicted octanol–water partition coefficient (Wildman–Crippen LogP) is 1.23. The Hall–Kier alpha value is -3.27. The Kier molecular flexibility index (Phi) is 5.92. The lowest BCUT2D eigenvalue weighted by molar-refractivity contribution is -0.150. The van der Waals surface area contributed by atoms with Crippen LogP contribution >= 0.6 is 11.8 Å². The van der Waals surface area contributed by atoms with Crippen LogP contribution < -0.4 is 10.1 Å². The summed E-state index contributed by atoms with van der Waals surface area (Å²) < 4.78 is 10.2. The molecule has 0 bridgehead atoms. The minimum Gasteiger partial charge on any atom is -0.484 e. The number of carboxylic acids is 1. The number of thioether (sulfide) groups is 1. The van der Waals surface area contributed by atoms with Crippen molar-refractivity contribution in [1.82, 2.24) is 10.2 Å². The average molecular weight is 418 g/mol. The van der Waals surface area contributed by atoms with Crippen LogP contribution in [0.25, 0.3) is 0 Å². The van der Waals surface area contributed by atoms with Crippen molar-refractivity contribution < 1.29 is 33.8 Å². The number of esters is 1. The van der Waals surface area contributed by atoms with Crippen molar-refractivity contribution in [2.75, 3.05) is 6.61 Å². The summed E-state index contributed by atoms with van der Waals surface area (Å²) in [5.74, 6) is -2.38. The Morgan fingerprint density at radius 2 is 1.97 bits per heavy atom. The molecule has 1 fully saturated rings. The fourth-order valence-corrected chi connectivity index (χ4v) is 4.14. The Bertz CT molecular complexity index is 926. The highest BCUT2D eigenvalue weighted by atomic mass is 32.2. The number of aliphatic carboxylic acids is 1. The van der Waals surface area contributed by atoms with Crippen molar-refractivity contribution in [3.63, 3.8) is 0 Å². The fraction of sp³-hybridized carbons (Fsp3) is 0.263. The summed E-state index contributed by atoms with van der Waals surface area (Å²) in [7, 11) is 0. The second kappa shape index (κ2) is 8.39. The molecular formula is C19H18N2O7S. The Labute approximate surface area is 170 Å². The lowest BCUT2D eigenvalue weighted by Gasteiger charge is -2.49. The molecule has 2 aliphatic rings. The van der Waals surface area contributed by atoms with E-state index in [1.54, 1.807) is 24.3 Å². The maximum Gasteiger partial charge on any atom is 0.352 e. The molecule has 0 aromatic heterocycles. The topological polar surface area (TPSA) is 122 Å². The second-order valence-electron chi connectivity index (χ2n) is 6.23. The lowest BCUT2D eigenvalue weighted by atomic mass is 10.0. The number of para-hydroxylation sites is 1. The van der Waals surface area contributed by atoms with Crippen LogP contribution in [0.2, 0.25) is 0 Å². The summed E-state index contributed by atoms with van der Waals surface area (Å²) in [5.41, 5.74) is 0.0914. The molecule has 1 saturated heterocycles. The van der Waals surface area contributed by atoms with Crippen LogP contribution in [-0.4, -0.2) is 51.8 Å². The van der Waals surface area contributed by atoms with E-state index >= 15 is 0 Å². The van der Waals surface area contributed by atoms with Gasteiger partial charge in [-0.15, -0.1) is 0 Å². The molecule has 2 atom stereocenters. The third kappa shape index (κ3) is 4.27. The van der Waals surface area contributed by atoms with Crippen LogP contribution in [0.15, 0.2) is 52.8 Å². The van der Waals surface area contributed by atoms with E-state index in [2.05, 4.69) is 5.32 Å². The number of allylic oxidation sites excluding steroid dienone is 1. The molecule has 1 aromatic rings. The van der Waals surface area contributed by atoms with Gasteiger partial charge in [-0.05, 0) is 24.6 Å². The normalized spacial score (nSPS) is 21.9. The van der Waals surface area contributed by atoms with Crippen LogP contribution in [0.1, 0.15) is 13.8 Å². The van der Waals surface area contributed by atoms with Gasteiger partial charge in [0.05, 0.1) is 0 Å². The van der Waals surface area contributed by atoms with Crippen LogP contribution in [0.5, 0.6) is 5.75 Å². The molecule has 1 aromatic carbocycles. The Balaban J connectivity index is 1.72. The van der Waals surface area contributed by atoms with Gasteiger partial charge in [0.15, 0.2) is 6.61 Å². The van der Waals surface area contributed by atoms with Crippen molar-refractivity contribution in [3.05, 3.63) is 52.8 Å². The molecule has 3 rings (SSSR count). The van der Waals surface area contributed by atoms with Gasteiger partial charge in [0.1, 0.15) is 29.1 Å². The molecule has 2 N–H and O–H groups in total. The van der Waals surface area contributed by atoms with Gasteiger partial charge in [0, 0.05) is 11.8 Å². The number of carbonyl (C=O) groups is 4.